The molecule has 0 unspecified atom stereocenters. The third-order valence-electron chi connectivity index (χ3n) is 3.36. The van der Waals surface area contributed by atoms with Crippen molar-refractivity contribution >= 4 is 11.6 Å². The number of Topliss-reactive ketones (excluding diaryl/α,β-unsaturated/α-hetero) is 2. The fourth-order valence-electron chi connectivity index (χ4n) is 2.24. The van der Waals surface area contributed by atoms with Gasteiger partial charge in [-0.2, -0.15) is 0 Å². The van der Waals surface area contributed by atoms with Gasteiger partial charge in [-0.1, -0.05) is 0 Å². The van der Waals surface area contributed by atoms with Crippen molar-refractivity contribution in [1.29, 1.82) is 0 Å². The van der Waals surface area contributed by atoms with Crippen molar-refractivity contribution < 1.29 is 14.0 Å². The zero-order valence-corrected chi connectivity index (χ0v) is 9.83. The number of aryl methyl sites for hydroxylation is 1. The van der Waals surface area contributed by atoms with Gasteiger partial charge in [0.2, 0.25) is 0 Å². The topological polar surface area (TPSA) is 34.1 Å². The molecule has 0 saturated heterocycles. The minimum Gasteiger partial charge on any atom is -0.300 e. The minimum absolute atomic E-state index is 0.0422. The Hall–Kier alpha value is -1.51. The van der Waals surface area contributed by atoms with Gasteiger partial charge in [-0.05, 0) is 43.5 Å². The fraction of sp³-hybridized carbons (Fsp3) is 0.429. The van der Waals surface area contributed by atoms with E-state index in [1.54, 1.807) is 13.0 Å². The van der Waals surface area contributed by atoms with Crippen LogP contribution in [0.15, 0.2) is 18.2 Å². The number of hydrogen-bond acceptors (Lipinski definition) is 2. The molecule has 1 saturated carbocycles. The van der Waals surface area contributed by atoms with E-state index in [-0.39, 0.29) is 23.3 Å². The van der Waals surface area contributed by atoms with Gasteiger partial charge in [-0.15, -0.1) is 0 Å². The van der Waals surface area contributed by atoms with Crippen LogP contribution < -0.4 is 0 Å². The molecular weight excluding hydrogens is 219 g/mol. The summed E-state index contributed by atoms with van der Waals surface area (Å²) in [6, 6.07) is 4.45. The first-order valence-electron chi connectivity index (χ1n) is 5.90. The molecule has 90 valence electrons. The summed E-state index contributed by atoms with van der Waals surface area (Å²) in [6.45, 7) is 1.65. The number of benzene rings is 1. The summed E-state index contributed by atoms with van der Waals surface area (Å²) in [4.78, 5) is 23.2. The summed E-state index contributed by atoms with van der Waals surface area (Å²) in [5.41, 5.74) is 1.05. The summed E-state index contributed by atoms with van der Waals surface area (Å²) in [5.74, 6) is -0.0807. The van der Waals surface area contributed by atoms with Crippen LogP contribution in [0.2, 0.25) is 0 Å². The van der Waals surface area contributed by atoms with Gasteiger partial charge in [-0.25, -0.2) is 4.39 Å². The van der Waals surface area contributed by atoms with Crippen molar-refractivity contribution in [2.75, 3.05) is 0 Å². The molecule has 1 aromatic rings. The molecule has 0 N–H and O–H groups in total. The van der Waals surface area contributed by atoms with Crippen LogP contribution in [0, 0.1) is 18.7 Å². The third-order valence-corrected chi connectivity index (χ3v) is 3.36. The number of halogens is 1. The normalized spacial score (nSPS) is 17.2. The highest BCUT2D eigenvalue weighted by Gasteiger charge is 2.25. The Morgan fingerprint density at radius 3 is 2.53 bits per heavy atom. The van der Waals surface area contributed by atoms with Crippen LogP contribution in [0.4, 0.5) is 4.39 Å². The molecule has 1 fully saturated rings. The largest absolute Gasteiger partial charge is 0.300 e. The molecule has 1 aliphatic carbocycles. The maximum absolute atomic E-state index is 13.1. The lowest BCUT2D eigenvalue weighted by Crippen LogP contribution is -2.22. The van der Waals surface area contributed by atoms with Crippen LogP contribution in [-0.4, -0.2) is 11.6 Å². The monoisotopic (exact) mass is 234 g/mol. The lowest BCUT2D eigenvalue weighted by molar-refractivity contribution is -0.120. The number of hydrogen-bond donors (Lipinski definition) is 0. The van der Waals surface area contributed by atoms with Crippen LogP contribution in [0.1, 0.15) is 41.6 Å². The first-order chi connectivity index (χ1) is 8.08. The van der Waals surface area contributed by atoms with Crippen molar-refractivity contribution in [3.05, 3.63) is 35.1 Å². The van der Waals surface area contributed by atoms with Gasteiger partial charge >= 0.3 is 0 Å². The second kappa shape index (κ2) is 4.78. The molecule has 17 heavy (non-hydrogen) atoms. The maximum Gasteiger partial charge on any atom is 0.165 e. The van der Waals surface area contributed by atoms with E-state index in [1.165, 1.54) is 12.1 Å². The molecule has 0 aromatic heterocycles. The summed E-state index contributed by atoms with van der Waals surface area (Å²) in [6.07, 6.45) is 2.26. The van der Waals surface area contributed by atoms with Crippen molar-refractivity contribution in [3.8, 4) is 0 Å². The van der Waals surface area contributed by atoms with Gasteiger partial charge in [0, 0.05) is 24.3 Å². The fourth-order valence-corrected chi connectivity index (χ4v) is 2.24. The highest BCUT2D eigenvalue weighted by atomic mass is 19.1. The van der Waals surface area contributed by atoms with Crippen molar-refractivity contribution in [1.82, 2.24) is 0 Å². The van der Waals surface area contributed by atoms with E-state index in [4.69, 9.17) is 0 Å². The summed E-state index contributed by atoms with van der Waals surface area (Å²) < 4.78 is 13.1. The van der Waals surface area contributed by atoms with Gasteiger partial charge in [0.25, 0.3) is 0 Å². The predicted octanol–water partition coefficient (Wildman–Crippen LogP) is 3.08. The Balaban J connectivity index is 2.14. The van der Waals surface area contributed by atoms with E-state index in [0.29, 0.717) is 36.8 Å². The smallest absolute Gasteiger partial charge is 0.165 e. The van der Waals surface area contributed by atoms with Crippen molar-refractivity contribution in [2.45, 2.75) is 32.6 Å². The first kappa shape index (κ1) is 12.0. The number of carbonyl (C=O) groups is 2. The second-order valence-corrected chi connectivity index (χ2v) is 4.64. The Morgan fingerprint density at radius 1 is 1.29 bits per heavy atom. The number of carbonyl (C=O) groups excluding carboxylic acids is 2. The van der Waals surface area contributed by atoms with E-state index in [0.717, 1.165) is 0 Å². The molecule has 2 rings (SSSR count). The predicted molar refractivity (Wildman–Crippen MR) is 62.4 cm³/mol. The van der Waals surface area contributed by atoms with Gasteiger partial charge in [0.05, 0.1) is 0 Å². The Kier molecular flexibility index (Phi) is 3.36. The zero-order valence-electron chi connectivity index (χ0n) is 9.83. The molecule has 3 heteroatoms. The molecular formula is C14H15FO2. The Bertz CT molecular complexity index is 455. The minimum atomic E-state index is -0.291. The van der Waals surface area contributed by atoms with E-state index in [1.807, 2.05) is 0 Å². The molecule has 1 aliphatic rings. The highest BCUT2D eigenvalue weighted by molar-refractivity contribution is 5.99. The molecule has 0 radical (unpaired) electrons. The quantitative estimate of drug-likeness (QED) is 0.737. The molecule has 2 nitrogen and oxygen atoms in total. The van der Waals surface area contributed by atoms with Gasteiger partial charge in [0.1, 0.15) is 11.6 Å². The number of ketones is 2. The van der Waals surface area contributed by atoms with Crippen molar-refractivity contribution in [3.63, 3.8) is 0 Å². The lowest BCUT2D eigenvalue weighted by atomic mass is 9.83. The second-order valence-electron chi connectivity index (χ2n) is 4.64. The van der Waals surface area contributed by atoms with Crippen molar-refractivity contribution in [2.24, 2.45) is 5.92 Å². The van der Waals surface area contributed by atoms with Crippen LogP contribution in [0.5, 0.6) is 0 Å². The molecule has 0 aliphatic heterocycles. The maximum atomic E-state index is 13.1. The van der Waals surface area contributed by atoms with E-state index >= 15 is 0 Å². The van der Waals surface area contributed by atoms with E-state index < -0.39 is 0 Å². The molecule has 0 heterocycles. The third kappa shape index (κ3) is 2.60. The van der Waals surface area contributed by atoms with Gasteiger partial charge in [0.15, 0.2) is 5.78 Å². The Labute approximate surface area is 99.8 Å². The van der Waals surface area contributed by atoms with E-state index in [2.05, 4.69) is 0 Å². The zero-order chi connectivity index (χ0) is 12.4. The average Bonchev–Trinajstić information content (AvgIpc) is 2.33. The molecule has 0 spiro atoms. The SMILES string of the molecule is Cc1cc(C(=O)C2CCC(=O)CC2)ccc1F. The molecule has 1 aromatic carbocycles. The van der Waals surface area contributed by atoms with Gasteiger partial charge < -0.3 is 0 Å². The van der Waals surface area contributed by atoms with Crippen LogP contribution in [0.25, 0.3) is 0 Å². The average molecular weight is 234 g/mol. The standard InChI is InChI=1S/C14H15FO2/c1-9-8-11(4-7-13(9)15)14(17)10-2-5-12(16)6-3-10/h4,7-8,10H,2-3,5-6H2,1H3. The highest BCUT2D eigenvalue weighted by Crippen LogP contribution is 2.25. The molecule has 0 bridgehead atoms. The number of rotatable bonds is 2. The van der Waals surface area contributed by atoms with Crippen LogP contribution in [0.3, 0.4) is 0 Å². The van der Waals surface area contributed by atoms with Crippen LogP contribution >= 0.6 is 0 Å². The summed E-state index contributed by atoms with van der Waals surface area (Å²) in [7, 11) is 0. The van der Waals surface area contributed by atoms with Crippen LogP contribution in [-0.2, 0) is 4.79 Å². The lowest BCUT2D eigenvalue weighted by Gasteiger charge is -2.19. The van der Waals surface area contributed by atoms with Gasteiger partial charge in [-0.3, -0.25) is 9.59 Å². The van der Waals surface area contributed by atoms with E-state index in [9.17, 15) is 14.0 Å². The first-order valence-corrected chi connectivity index (χ1v) is 5.90. The Morgan fingerprint density at radius 2 is 1.94 bits per heavy atom. The molecule has 0 atom stereocenters. The summed E-state index contributed by atoms with van der Waals surface area (Å²) in [5, 5.41) is 0. The molecule has 0 amide bonds. The summed E-state index contributed by atoms with van der Waals surface area (Å²) >= 11 is 0.